The molecule has 0 unspecified atom stereocenters. The highest BCUT2D eigenvalue weighted by atomic mass is 32.2. The Morgan fingerprint density at radius 3 is 2.32 bits per heavy atom. The largest absolute Gasteiger partial charge is 0.465 e. The van der Waals surface area contributed by atoms with Gasteiger partial charge in [-0.3, -0.25) is 0 Å². The Labute approximate surface area is 151 Å². The van der Waals surface area contributed by atoms with Crippen molar-refractivity contribution >= 4 is 44.7 Å². The minimum Gasteiger partial charge on any atom is -0.465 e. The maximum Gasteiger partial charge on any atom is 0.337 e. The van der Waals surface area contributed by atoms with Crippen LogP contribution >= 0.6 is 12.2 Å². The molecule has 0 amide bonds. The summed E-state index contributed by atoms with van der Waals surface area (Å²) in [6, 6.07) is 10.9. The molecular weight excluding hydrogens is 362 g/mol. The summed E-state index contributed by atoms with van der Waals surface area (Å²) in [6.07, 6.45) is 0. The fourth-order valence-corrected chi connectivity index (χ4v) is 2.76. The van der Waals surface area contributed by atoms with E-state index in [4.69, 9.17) is 22.1 Å². The molecule has 0 heterocycles. The van der Waals surface area contributed by atoms with Gasteiger partial charge in [0.2, 0.25) is 10.0 Å². The molecule has 2 aromatic carbocycles. The molecule has 0 saturated heterocycles. The SMILES string of the molecule is COC(=O)c1ccc(C)c(NC(=S)Nc2ccc(S(N)(=O)=O)cc2)c1. The number of aryl methyl sites for hydroxylation is 1. The average Bonchev–Trinajstić information content (AvgIpc) is 2.55. The molecule has 0 fully saturated rings. The van der Waals surface area contributed by atoms with Gasteiger partial charge in [-0.05, 0) is 61.1 Å². The third-order valence-corrected chi connectivity index (χ3v) is 4.48. The molecule has 2 rings (SSSR count). The second-order valence-electron chi connectivity index (χ2n) is 5.17. The van der Waals surface area contributed by atoms with Crippen LogP contribution in [0.3, 0.4) is 0 Å². The Hall–Kier alpha value is -2.49. The van der Waals surface area contributed by atoms with E-state index in [2.05, 4.69) is 10.6 Å². The molecular formula is C16H17N3O4S2. The number of hydrogen-bond acceptors (Lipinski definition) is 5. The van der Waals surface area contributed by atoms with Gasteiger partial charge < -0.3 is 15.4 Å². The highest BCUT2D eigenvalue weighted by Crippen LogP contribution is 2.19. The maximum atomic E-state index is 11.6. The first-order valence-electron chi connectivity index (χ1n) is 7.10. The summed E-state index contributed by atoms with van der Waals surface area (Å²) in [5.41, 5.74) is 2.53. The summed E-state index contributed by atoms with van der Waals surface area (Å²) in [5.74, 6) is -0.444. The number of nitrogens with two attached hydrogens (primary N) is 1. The van der Waals surface area contributed by atoms with E-state index in [1.54, 1.807) is 30.3 Å². The van der Waals surface area contributed by atoms with E-state index in [1.807, 2.05) is 6.92 Å². The number of hydrogen-bond donors (Lipinski definition) is 3. The van der Waals surface area contributed by atoms with Crippen LogP contribution in [-0.4, -0.2) is 26.6 Å². The number of carbonyl (C=O) groups is 1. The lowest BCUT2D eigenvalue weighted by Crippen LogP contribution is -2.20. The molecule has 0 aromatic heterocycles. The zero-order chi connectivity index (χ0) is 18.6. The summed E-state index contributed by atoms with van der Waals surface area (Å²) in [6.45, 7) is 1.87. The minimum atomic E-state index is -3.74. The Morgan fingerprint density at radius 2 is 1.76 bits per heavy atom. The summed E-state index contributed by atoms with van der Waals surface area (Å²) < 4.78 is 27.2. The van der Waals surface area contributed by atoms with Gasteiger partial charge in [0.05, 0.1) is 17.6 Å². The predicted molar refractivity (Wildman–Crippen MR) is 100 cm³/mol. The molecule has 0 spiro atoms. The van der Waals surface area contributed by atoms with Crippen molar-refractivity contribution in [3.63, 3.8) is 0 Å². The van der Waals surface area contributed by atoms with Crippen molar-refractivity contribution in [3.8, 4) is 0 Å². The number of thiocarbonyl (C=S) groups is 1. The molecule has 0 aliphatic rings. The van der Waals surface area contributed by atoms with Crippen molar-refractivity contribution in [3.05, 3.63) is 53.6 Å². The number of sulfonamides is 1. The van der Waals surface area contributed by atoms with E-state index in [9.17, 15) is 13.2 Å². The minimum absolute atomic E-state index is 0.0125. The first-order chi connectivity index (χ1) is 11.7. The summed E-state index contributed by atoms with van der Waals surface area (Å²) >= 11 is 5.24. The Kier molecular flexibility index (Phi) is 5.73. The van der Waals surface area contributed by atoms with E-state index in [-0.39, 0.29) is 10.0 Å². The Morgan fingerprint density at radius 1 is 1.12 bits per heavy atom. The quantitative estimate of drug-likeness (QED) is 0.552. The van der Waals surface area contributed by atoms with Gasteiger partial charge in [-0.15, -0.1) is 0 Å². The van der Waals surface area contributed by atoms with E-state index in [0.29, 0.717) is 16.9 Å². The smallest absolute Gasteiger partial charge is 0.337 e. The molecule has 25 heavy (non-hydrogen) atoms. The number of ether oxygens (including phenoxy) is 1. The second kappa shape index (κ2) is 7.60. The van der Waals surface area contributed by atoms with Crippen molar-refractivity contribution in [2.24, 2.45) is 5.14 Å². The molecule has 132 valence electrons. The predicted octanol–water partition coefficient (Wildman–Crippen LogP) is 2.24. The normalized spacial score (nSPS) is 10.8. The first kappa shape index (κ1) is 18.8. The van der Waals surface area contributed by atoms with E-state index in [0.717, 1.165) is 5.56 Å². The molecule has 4 N–H and O–H groups in total. The lowest BCUT2D eigenvalue weighted by molar-refractivity contribution is 0.0601. The van der Waals surface area contributed by atoms with Crippen LogP contribution in [0.4, 0.5) is 11.4 Å². The van der Waals surface area contributed by atoms with Gasteiger partial charge in [0, 0.05) is 11.4 Å². The lowest BCUT2D eigenvalue weighted by Gasteiger charge is -2.13. The van der Waals surface area contributed by atoms with Crippen molar-refractivity contribution < 1.29 is 17.9 Å². The second-order valence-corrected chi connectivity index (χ2v) is 7.14. The number of benzene rings is 2. The number of methoxy groups -OCH3 is 1. The first-order valence-corrected chi connectivity index (χ1v) is 9.06. The van der Waals surface area contributed by atoms with Crippen LogP contribution in [0.15, 0.2) is 47.4 Å². The lowest BCUT2D eigenvalue weighted by atomic mass is 10.1. The van der Waals surface area contributed by atoms with Crippen LogP contribution < -0.4 is 15.8 Å². The number of nitrogens with one attached hydrogen (secondary N) is 2. The third-order valence-electron chi connectivity index (χ3n) is 3.35. The number of carbonyl (C=O) groups excluding carboxylic acids is 1. The molecule has 0 radical (unpaired) electrons. The van der Waals surface area contributed by atoms with E-state index in [1.165, 1.54) is 19.2 Å². The van der Waals surface area contributed by atoms with Crippen LogP contribution in [0.1, 0.15) is 15.9 Å². The number of rotatable bonds is 4. The molecule has 2 aromatic rings. The molecule has 0 aliphatic carbocycles. The summed E-state index contributed by atoms with van der Waals surface area (Å²) in [7, 11) is -2.43. The zero-order valence-electron chi connectivity index (χ0n) is 13.6. The standard InChI is InChI=1S/C16H17N3O4S2/c1-10-3-4-11(15(20)23-2)9-14(10)19-16(24)18-12-5-7-13(8-6-12)25(17,21)22/h3-9H,1-2H3,(H2,17,21,22)(H2,18,19,24). The summed E-state index contributed by atoms with van der Waals surface area (Å²) in [5, 5.41) is 11.3. The number of esters is 1. The molecule has 0 bridgehead atoms. The van der Waals surface area contributed by atoms with Gasteiger partial charge >= 0.3 is 5.97 Å². The van der Waals surface area contributed by atoms with Crippen LogP contribution in [-0.2, 0) is 14.8 Å². The van der Waals surface area contributed by atoms with Gasteiger partial charge in [0.15, 0.2) is 5.11 Å². The van der Waals surface area contributed by atoms with E-state index >= 15 is 0 Å². The number of anilines is 2. The van der Waals surface area contributed by atoms with Gasteiger partial charge in [-0.1, -0.05) is 6.07 Å². The highest BCUT2D eigenvalue weighted by Gasteiger charge is 2.10. The fraction of sp³-hybridized carbons (Fsp3) is 0.125. The van der Waals surface area contributed by atoms with Crippen molar-refractivity contribution in [2.45, 2.75) is 11.8 Å². The monoisotopic (exact) mass is 379 g/mol. The van der Waals surface area contributed by atoms with Crippen LogP contribution in [0.25, 0.3) is 0 Å². The average molecular weight is 379 g/mol. The van der Waals surface area contributed by atoms with Gasteiger partial charge in [-0.25, -0.2) is 18.4 Å². The highest BCUT2D eigenvalue weighted by molar-refractivity contribution is 7.89. The Bertz CT molecular complexity index is 909. The van der Waals surface area contributed by atoms with Crippen LogP contribution in [0.2, 0.25) is 0 Å². The van der Waals surface area contributed by atoms with Gasteiger partial charge in [0.25, 0.3) is 0 Å². The van der Waals surface area contributed by atoms with Crippen molar-refractivity contribution in [1.29, 1.82) is 0 Å². The molecule has 7 nitrogen and oxygen atoms in total. The van der Waals surface area contributed by atoms with Gasteiger partial charge in [0.1, 0.15) is 0 Å². The number of primary sulfonamides is 1. The molecule has 0 aliphatic heterocycles. The van der Waals surface area contributed by atoms with Gasteiger partial charge in [-0.2, -0.15) is 0 Å². The molecule has 0 saturated carbocycles. The summed E-state index contributed by atoms with van der Waals surface area (Å²) in [4.78, 5) is 11.6. The van der Waals surface area contributed by atoms with Crippen LogP contribution in [0, 0.1) is 6.92 Å². The third kappa shape index (κ3) is 4.99. The fourth-order valence-electron chi connectivity index (χ4n) is 2.01. The maximum absolute atomic E-state index is 11.6. The van der Waals surface area contributed by atoms with Crippen molar-refractivity contribution in [1.82, 2.24) is 0 Å². The molecule has 9 heteroatoms. The zero-order valence-corrected chi connectivity index (χ0v) is 15.2. The molecule has 0 atom stereocenters. The van der Waals surface area contributed by atoms with Crippen LogP contribution in [0.5, 0.6) is 0 Å². The van der Waals surface area contributed by atoms with E-state index < -0.39 is 16.0 Å². The van der Waals surface area contributed by atoms with Crippen molar-refractivity contribution in [2.75, 3.05) is 17.7 Å². The topological polar surface area (TPSA) is 111 Å². The Balaban J connectivity index is 2.11.